The summed E-state index contributed by atoms with van der Waals surface area (Å²) < 4.78 is 0. The van der Waals surface area contributed by atoms with Gasteiger partial charge in [0, 0.05) is 22.7 Å². The largest absolute Gasteiger partial charge is 0.478 e. The molecule has 0 fully saturated rings. The van der Waals surface area contributed by atoms with Crippen LogP contribution in [0.4, 0.5) is 11.4 Å². The number of hydrogen-bond acceptors (Lipinski definition) is 4. The van der Waals surface area contributed by atoms with Gasteiger partial charge in [0.1, 0.15) is 0 Å². The van der Waals surface area contributed by atoms with Crippen LogP contribution in [0, 0.1) is 5.41 Å². The fourth-order valence-corrected chi connectivity index (χ4v) is 3.64. The third-order valence-corrected chi connectivity index (χ3v) is 5.42. The van der Waals surface area contributed by atoms with Crippen molar-refractivity contribution in [2.24, 2.45) is 5.41 Å². The number of thioether (sulfide) groups is 1. The molecule has 0 saturated carbocycles. The summed E-state index contributed by atoms with van der Waals surface area (Å²) in [5, 5.41) is 14.4. The van der Waals surface area contributed by atoms with Gasteiger partial charge in [-0.3, -0.25) is 9.59 Å². The summed E-state index contributed by atoms with van der Waals surface area (Å²) in [6, 6.07) is 11.6. The van der Waals surface area contributed by atoms with E-state index in [2.05, 4.69) is 10.6 Å². The summed E-state index contributed by atoms with van der Waals surface area (Å²) in [6.07, 6.45) is 0.426. The normalized spacial score (nSPS) is 12.2. The van der Waals surface area contributed by atoms with Crippen LogP contribution in [-0.4, -0.2) is 28.1 Å². The molecule has 3 N–H and O–H groups in total. The minimum absolute atomic E-state index is 0.0423. The minimum atomic E-state index is -1.16. The van der Waals surface area contributed by atoms with E-state index in [0.29, 0.717) is 17.8 Å². The molecule has 0 aromatic heterocycles. The van der Waals surface area contributed by atoms with Gasteiger partial charge in [0.2, 0.25) is 11.8 Å². The van der Waals surface area contributed by atoms with Crippen LogP contribution in [0.25, 0.3) is 0 Å². The molecule has 6 nitrogen and oxygen atoms in total. The predicted molar refractivity (Wildman–Crippen MR) is 122 cm³/mol. The Bertz CT molecular complexity index is 939. The lowest BCUT2D eigenvalue weighted by molar-refractivity contribution is -0.118. The molecule has 2 aromatic rings. The van der Waals surface area contributed by atoms with E-state index < -0.39 is 11.2 Å². The maximum atomic E-state index is 12.5. The molecule has 0 bridgehead atoms. The second-order valence-electron chi connectivity index (χ2n) is 8.06. The van der Waals surface area contributed by atoms with Crippen LogP contribution >= 0.6 is 23.4 Å². The fraction of sp³-hybridized carbons (Fsp3) is 0.318. The second-order valence-corrected chi connectivity index (χ2v) is 9.88. The maximum absolute atomic E-state index is 12.5. The van der Waals surface area contributed by atoms with Crippen molar-refractivity contribution in [3.63, 3.8) is 0 Å². The summed E-state index contributed by atoms with van der Waals surface area (Å²) in [5.41, 5.74) is 0.913. The average Bonchev–Trinajstić information content (AvgIpc) is 2.63. The standard InChI is InChI=1S/C22H25ClN2O4S/c1-13(20(27)25-15-7-10-18(23)17(11-15)21(28)29)30-16-8-5-14(6-9-16)24-19(26)12-22(2,3)4/h5-11,13H,12H2,1-4H3,(H,24,26)(H,25,27)(H,28,29). The van der Waals surface area contributed by atoms with Crippen molar-refractivity contribution in [2.45, 2.75) is 44.3 Å². The van der Waals surface area contributed by atoms with Crippen LogP contribution in [0.3, 0.4) is 0 Å². The molecule has 0 heterocycles. The lowest BCUT2D eigenvalue weighted by atomic mass is 9.92. The number of benzene rings is 2. The molecule has 0 aliphatic carbocycles. The number of carboxylic acids is 1. The van der Waals surface area contributed by atoms with Crippen molar-refractivity contribution in [3.05, 3.63) is 53.1 Å². The number of halogens is 1. The number of hydrogen-bond donors (Lipinski definition) is 3. The van der Waals surface area contributed by atoms with Gasteiger partial charge < -0.3 is 15.7 Å². The molecule has 2 aromatic carbocycles. The van der Waals surface area contributed by atoms with Crippen molar-refractivity contribution in [1.82, 2.24) is 0 Å². The Hall–Kier alpha value is -2.51. The fourth-order valence-electron chi connectivity index (χ4n) is 2.57. The molecule has 2 rings (SSSR count). The predicted octanol–water partition coefficient (Wildman–Crippen LogP) is 5.53. The first-order chi connectivity index (χ1) is 13.9. The van der Waals surface area contributed by atoms with E-state index in [4.69, 9.17) is 16.7 Å². The van der Waals surface area contributed by atoms with E-state index in [9.17, 15) is 14.4 Å². The Labute approximate surface area is 185 Å². The summed E-state index contributed by atoms with van der Waals surface area (Å²) in [6.45, 7) is 7.77. The molecule has 0 radical (unpaired) electrons. The van der Waals surface area contributed by atoms with Crippen LogP contribution in [0.5, 0.6) is 0 Å². The highest BCUT2D eigenvalue weighted by Gasteiger charge is 2.18. The van der Waals surface area contributed by atoms with Crippen LogP contribution in [0.1, 0.15) is 44.5 Å². The van der Waals surface area contributed by atoms with Gasteiger partial charge >= 0.3 is 5.97 Å². The van der Waals surface area contributed by atoms with E-state index in [0.717, 1.165) is 4.90 Å². The number of nitrogens with one attached hydrogen (secondary N) is 2. The zero-order chi connectivity index (χ0) is 22.5. The van der Waals surface area contributed by atoms with Gasteiger partial charge in [0.15, 0.2) is 0 Å². The molecule has 0 aliphatic heterocycles. The first kappa shape index (κ1) is 23.8. The Kier molecular flexibility index (Phi) is 7.92. The van der Waals surface area contributed by atoms with Crippen molar-refractivity contribution < 1.29 is 19.5 Å². The molecule has 1 unspecified atom stereocenters. The molecule has 160 valence electrons. The molecule has 2 amide bonds. The minimum Gasteiger partial charge on any atom is -0.478 e. The number of aromatic carboxylic acids is 1. The Morgan fingerprint density at radius 2 is 1.63 bits per heavy atom. The highest BCUT2D eigenvalue weighted by Crippen LogP contribution is 2.27. The molecule has 0 aliphatic rings. The lowest BCUT2D eigenvalue weighted by Crippen LogP contribution is -2.22. The number of amides is 2. The quantitative estimate of drug-likeness (QED) is 0.484. The van der Waals surface area contributed by atoms with E-state index >= 15 is 0 Å². The highest BCUT2D eigenvalue weighted by molar-refractivity contribution is 8.00. The van der Waals surface area contributed by atoms with Crippen molar-refractivity contribution >= 4 is 52.5 Å². The lowest BCUT2D eigenvalue weighted by Gasteiger charge is -2.17. The van der Waals surface area contributed by atoms with E-state index in [-0.39, 0.29) is 27.8 Å². The first-order valence-electron chi connectivity index (χ1n) is 9.35. The Morgan fingerprint density at radius 3 is 2.20 bits per heavy atom. The second kappa shape index (κ2) is 10.00. The van der Waals surface area contributed by atoms with Gasteiger partial charge in [0.25, 0.3) is 0 Å². The van der Waals surface area contributed by atoms with Crippen LogP contribution in [-0.2, 0) is 9.59 Å². The van der Waals surface area contributed by atoms with Crippen molar-refractivity contribution in [1.29, 1.82) is 0 Å². The Balaban J connectivity index is 1.95. The van der Waals surface area contributed by atoms with Gasteiger partial charge in [-0.1, -0.05) is 32.4 Å². The van der Waals surface area contributed by atoms with E-state index in [1.54, 1.807) is 25.1 Å². The molecule has 1 atom stereocenters. The van der Waals surface area contributed by atoms with Gasteiger partial charge in [0.05, 0.1) is 15.8 Å². The third kappa shape index (κ3) is 7.39. The van der Waals surface area contributed by atoms with Crippen LogP contribution < -0.4 is 10.6 Å². The number of rotatable bonds is 7. The molecule has 0 spiro atoms. The monoisotopic (exact) mass is 448 g/mol. The number of anilines is 2. The molecular formula is C22H25ClN2O4S. The summed E-state index contributed by atoms with van der Waals surface area (Å²) in [7, 11) is 0. The summed E-state index contributed by atoms with van der Waals surface area (Å²) in [5.74, 6) is -1.46. The summed E-state index contributed by atoms with van der Waals surface area (Å²) >= 11 is 7.20. The highest BCUT2D eigenvalue weighted by atomic mass is 35.5. The van der Waals surface area contributed by atoms with Crippen LogP contribution in [0.2, 0.25) is 5.02 Å². The van der Waals surface area contributed by atoms with E-state index in [1.165, 1.54) is 23.9 Å². The van der Waals surface area contributed by atoms with Crippen molar-refractivity contribution in [3.8, 4) is 0 Å². The summed E-state index contributed by atoms with van der Waals surface area (Å²) in [4.78, 5) is 36.5. The number of carbonyl (C=O) groups is 3. The molecule has 0 saturated heterocycles. The van der Waals surface area contributed by atoms with Crippen molar-refractivity contribution in [2.75, 3.05) is 10.6 Å². The van der Waals surface area contributed by atoms with E-state index in [1.807, 2.05) is 32.9 Å². The zero-order valence-electron chi connectivity index (χ0n) is 17.3. The molecular weight excluding hydrogens is 424 g/mol. The first-order valence-corrected chi connectivity index (χ1v) is 10.6. The third-order valence-electron chi connectivity index (χ3n) is 3.98. The van der Waals surface area contributed by atoms with Gasteiger partial charge in [-0.25, -0.2) is 4.79 Å². The smallest absolute Gasteiger partial charge is 0.337 e. The Morgan fingerprint density at radius 1 is 1.03 bits per heavy atom. The average molecular weight is 449 g/mol. The van der Waals surface area contributed by atoms with Gasteiger partial charge in [-0.05, 0) is 54.8 Å². The SMILES string of the molecule is CC(Sc1ccc(NC(=O)CC(C)(C)C)cc1)C(=O)Nc1ccc(Cl)c(C(=O)O)c1. The van der Waals surface area contributed by atoms with Crippen LogP contribution in [0.15, 0.2) is 47.4 Å². The van der Waals surface area contributed by atoms with Gasteiger partial charge in [-0.2, -0.15) is 0 Å². The molecule has 8 heteroatoms. The number of carbonyl (C=O) groups excluding carboxylic acids is 2. The number of carboxylic acid groups (broad SMARTS) is 1. The topological polar surface area (TPSA) is 95.5 Å². The maximum Gasteiger partial charge on any atom is 0.337 e. The zero-order valence-corrected chi connectivity index (χ0v) is 18.9. The van der Waals surface area contributed by atoms with Gasteiger partial charge in [-0.15, -0.1) is 11.8 Å². The molecule has 30 heavy (non-hydrogen) atoms.